The van der Waals surface area contributed by atoms with Gasteiger partial charge in [-0.15, -0.1) is 34.4 Å². The minimum atomic E-state index is -4.39. The molecular weight excluding hydrogens is 1200 g/mol. The van der Waals surface area contributed by atoms with Gasteiger partial charge in [0.15, 0.2) is 6.61 Å². The fourth-order valence-corrected chi connectivity index (χ4v) is 12.1. The van der Waals surface area contributed by atoms with Crippen LogP contribution < -0.4 is 4.74 Å². The van der Waals surface area contributed by atoms with Crippen LogP contribution in [0.5, 0.6) is 5.75 Å². The molecule has 4 heterocycles. The third-order valence-electron chi connectivity index (χ3n) is 13.7. The molecule has 0 saturated carbocycles. The van der Waals surface area contributed by atoms with E-state index in [-0.39, 0.29) is 28.6 Å². The van der Waals surface area contributed by atoms with E-state index in [4.69, 9.17) is 35.5 Å². The Morgan fingerprint density at radius 3 is 1.59 bits per heavy atom. The topological polar surface area (TPSA) is 149 Å². The Labute approximate surface area is 516 Å². The van der Waals surface area contributed by atoms with Crippen LogP contribution in [0.1, 0.15) is 87.7 Å². The first kappa shape index (κ1) is 63.5. The van der Waals surface area contributed by atoms with E-state index >= 15 is 0 Å². The van der Waals surface area contributed by atoms with Gasteiger partial charge in [-0.25, -0.2) is 18.4 Å². The van der Waals surface area contributed by atoms with E-state index in [1.807, 2.05) is 110 Å². The maximum atomic E-state index is 13.7. The lowest BCUT2D eigenvalue weighted by atomic mass is 9.99. The highest BCUT2D eigenvalue weighted by molar-refractivity contribution is 7.99. The van der Waals surface area contributed by atoms with Gasteiger partial charge >= 0.3 is 24.3 Å². The second kappa shape index (κ2) is 29.6. The molecule has 21 heteroatoms. The number of benzene rings is 6. The third kappa shape index (κ3) is 15.6. The zero-order chi connectivity index (χ0) is 61.6. The predicted octanol–water partition coefficient (Wildman–Crippen LogP) is 16.3. The van der Waals surface area contributed by atoms with Crippen LogP contribution in [0.4, 0.5) is 17.6 Å². The zero-order valence-electron chi connectivity index (χ0n) is 47.7. The van der Waals surface area contributed by atoms with Crippen LogP contribution >= 0.6 is 46.0 Å². The number of thioether (sulfide) groups is 1. The molecule has 0 fully saturated rings. The van der Waals surface area contributed by atoms with E-state index in [1.54, 1.807) is 42.1 Å². The normalized spacial score (nSPS) is 12.1. The van der Waals surface area contributed by atoms with Crippen LogP contribution in [0, 0.1) is 0 Å². The van der Waals surface area contributed by atoms with Crippen molar-refractivity contribution in [1.82, 2.24) is 9.13 Å². The van der Waals surface area contributed by atoms with Gasteiger partial charge in [0.25, 0.3) is 0 Å². The Bertz CT molecular complexity index is 4130. The van der Waals surface area contributed by atoms with Gasteiger partial charge in [-0.2, -0.15) is 8.78 Å². The standard InChI is InChI=1S/C33H31ClN2O4S2.C33H28F4N2O5S/c1-3-39-17-16-36-30-14-8-23(29(35-40-22(2)37)6-4-18-41-26-12-10-25(34)11-13-26)20-27(30)28-21-24(9-15-31(28)36)33(38)32-7-5-19-42-32;1-3-42-15-14-39-26-12-10-21(17-24(26)25-18-22(11-13-27(25)39)31(41)29-9-6-16-45-29)30(38-44-20(2)40)23-7-4-5-8-28(23)43-19-33(36,37)32(34)35/h5,7-15,19-21H,3-4,6,16-18H2,1-2H3;4-13,16-18,32H,3,14-15,19H2,1-2H3/b35-29+;38-30-. The van der Waals surface area contributed by atoms with Crippen molar-refractivity contribution in [2.24, 2.45) is 10.3 Å². The number of thiophene rings is 2. The molecule has 0 spiro atoms. The summed E-state index contributed by atoms with van der Waals surface area (Å²) in [7, 11) is 0. The minimum absolute atomic E-state index is 0.00793. The van der Waals surface area contributed by atoms with Crippen LogP contribution in [0.2, 0.25) is 5.02 Å². The Morgan fingerprint density at radius 2 is 1.09 bits per heavy atom. The second-order valence-corrected chi connectivity index (χ2v) is 23.1. The number of carbonyl (C=O) groups excluding carboxylic acids is 4. The quantitative estimate of drug-likeness (QED) is 0.00975. The second-order valence-electron chi connectivity index (χ2n) is 19.6. The Balaban J connectivity index is 0.000000208. The summed E-state index contributed by atoms with van der Waals surface area (Å²) >= 11 is 10.5. The molecule has 0 bridgehead atoms. The van der Waals surface area contributed by atoms with Gasteiger partial charge in [0.2, 0.25) is 11.6 Å². The molecule has 0 atom stereocenters. The lowest BCUT2D eigenvalue weighted by molar-refractivity contribution is -0.148. The number of aromatic nitrogens is 2. The van der Waals surface area contributed by atoms with Crippen molar-refractivity contribution < 1.29 is 60.6 Å². The molecule has 0 N–H and O–H groups in total. The van der Waals surface area contributed by atoms with Crippen LogP contribution in [0.3, 0.4) is 0 Å². The predicted molar refractivity (Wildman–Crippen MR) is 337 cm³/mol. The van der Waals surface area contributed by atoms with Gasteiger partial charge < -0.3 is 33.0 Å². The highest BCUT2D eigenvalue weighted by Gasteiger charge is 2.42. The monoisotopic (exact) mass is 1260 g/mol. The van der Waals surface area contributed by atoms with Gasteiger partial charge in [-0.3, -0.25) is 9.59 Å². The number of oxime groups is 2. The zero-order valence-corrected chi connectivity index (χ0v) is 50.9. The summed E-state index contributed by atoms with van der Waals surface area (Å²) in [5.74, 6) is -4.99. The first-order chi connectivity index (χ1) is 42.0. The average molecular weight is 1260 g/mol. The largest absolute Gasteiger partial charge is 0.486 e. The number of alkyl halides is 4. The Kier molecular flexibility index (Phi) is 21.6. The first-order valence-electron chi connectivity index (χ1n) is 27.8. The highest BCUT2D eigenvalue weighted by atomic mass is 35.5. The van der Waals surface area contributed by atoms with E-state index in [1.165, 1.54) is 47.8 Å². The van der Waals surface area contributed by atoms with E-state index < -0.39 is 30.9 Å². The van der Waals surface area contributed by atoms with E-state index in [0.717, 1.165) is 73.2 Å². The van der Waals surface area contributed by atoms with E-state index in [2.05, 4.69) is 31.6 Å². The third-order valence-corrected chi connectivity index (χ3v) is 16.8. The van der Waals surface area contributed by atoms with Crippen molar-refractivity contribution in [3.05, 3.63) is 199 Å². The molecule has 0 radical (unpaired) electrons. The molecule has 450 valence electrons. The first-order valence-corrected chi connectivity index (χ1v) is 30.9. The summed E-state index contributed by atoms with van der Waals surface area (Å²) in [6.07, 6.45) is -2.45. The molecule has 0 aliphatic rings. The smallest absolute Gasteiger partial charge is 0.340 e. The van der Waals surface area contributed by atoms with E-state index in [9.17, 15) is 36.7 Å². The van der Waals surface area contributed by atoms with Crippen molar-refractivity contribution in [2.75, 3.05) is 38.8 Å². The molecule has 6 aromatic carbocycles. The Hall–Kier alpha value is -7.98. The molecule has 0 saturated heterocycles. The van der Waals surface area contributed by atoms with Crippen LogP contribution in [0.15, 0.2) is 172 Å². The SMILES string of the molecule is CCOCCn1c2ccc(C(=O)c3cccs3)cc2c2cc(/C(=N/OC(C)=O)c3ccccc3OCC(F)(F)C(F)F)ccc21.CCOCCn1c2ccc(C(=O)c3cccs3)cc2c2cc(/C(CCCSc3ccc(Cl)cc3)=N/OC(C)=O)ccc21. The van der Waals surface area contributed by atoms with Crippen molar-refractivity contribution in [2.45, 2.75) is 70.9 Å². The molecule has 87 heavy (non-hydrogen) atoms. The number of carbonyl (C=O) groups is 4. The summed E-state index contributed by atoms with van der Waals surface area (Å²) in [6, 6.07) is 43.8. The van der Waals surface area contributed by atoms with Crippen molar-refractivity contribution in [1.29, 1.82) is 0 Å². The highest BCUT2D eigenvalue weighted by Crippen LogP contribution is 2.36. The minimum Gasteiger partial charge on any atom is -0.486 e. The van der Waals surface area contributed by atoms with Gasteiger partial charge in [-0.1, -0.05) is 58.3 Å². The number of para-hydroxylation sites is 1. The fourth-order valence-electron chi connectivity index (χ4n) is 9.71. The molecule has 0 amide bonds. The summed E-state index contributed by atoms with van der Waals surface area (Å²) in [5, 5.41) is 16.2. The van der Waals surface area contributed by atoms with Crippen molar-refractivity contribution in [3.63, 3.8) is 0 Å². The molecule has 0 aliphatic carbocycles. The van der Waals surface area contributed by atoms with E-state index in [0.29, 0.717) is 83.1 Å². The van der Waals surface area contributed by atoms with Crippen LogP contribution in [0.25, 0.3) is 43.6 Å². The van der Waals surface area contributed by atoms with Gasteiger partial charge in [0, 0.05) is 121 Å². The summed E-state index contributed by atoms with van der Waals surface area (Å²) in [5.41, 5.74) is 7.05. The van der Waals surface area contributed by atoms with Gasteiger partial charge in [-0.05, 0) is 152 Å². The van der Waals surface area contributed by atoms with Crippen molar-refractivity contribution in [3.8, 4) is 5.75 Å². The lowest BCUT2D eigenvalue weighted by Gasteiger charge is -2.18. The maximum absolute atomic E-state index is 13.7. The molecule has 4 aromatic heterocycles. The number of ether oxygens (including phenoxy) is 3. The number of fused-ring (bicyclic) bond motifs is 6. The number of hydrogen-bond acceptors (Lipinski definition) is 14. The number of halogens is 5. The number of ketones is 2. The summed E-state index contributed by atoms with van der Waals surface area (Å²) in [4.78, 5) is 62.4. The maximum Gasteiger partial charge on any atom is 0.340 e. The van der Waals surface area contributed by atoms with Crippen molar-refractivity contribution >= 4 is 125 Å². The summed E-state index contributed by atoms with van der Waals surface area (Å²) < 4.78 is 73.9. The fraction of sp³-hybridized carbons (Fsp3) is 0.242. The lowest BCUT2D eigenvalue weighted by Crippen LogP contribution is -2.34. The van der Waals surface area contributed by atoms with Crippen LogP contribution in [-0.2, 0) is 41.8 Å². The molecular formula is C66H59ClF4N4O9S3. The average Bonchev–Trinajstić information content (AvgIpc) is 1.70. The van der Waals surface area contributed by atoms with Gasteiger partial charge in [0.05, 0.1) is 28.7 Å². The number of nitrogens with zero attached hydrogens (tertiary/aromatic N) is 4. The molecule has 10 rings (SSSR count). The molecule has 10 aromatic rings. The summed E-state index contributed by atoms with van der Waals surface area (Å²) in [6.45, 7) is 8.23. The Morgan fingerprint density at radius 1 is 0.609 bits per heavy atom. The molecule has 0 aliphatic heterocycles. The number of rotatable bonds is 26. The van der Waals surface area contributed by atoms with Gasteiger partial charge in [0.1, 0.15) is 11.5 Å². The molecule has 13 nitrogen and oxygen atoms in total. The van der Waals surface area contributed by atoms with Crippen LogP contribution in [-0.4, -0.2) is 95.2 Å². The molecule has 0 unspecified atom stereocenters. The number of hydrogen-bond donors (Lipinski definition) is 0.